The molecule has 7 nitrogen and oxygen atoms in total. The van der Waals surface area contributed by atoms with Crippen LogP contribution in [0.1, 0.15) is 55.1 Å². The topological polar surface area (TPSA) is 112 Å². The number of anilines is 1. The summed E-state index contributed by atoms with van der Waals surface area (Å²) in [5, 5.41) is 32.9. The molecule has 0 spiro atoms. The van der Waals surface area contributed by atoms with E-state index in [-0.39, 0.29) is 62.4 Å². The van der Waals surface area contributed by atoms with Gasteiger partial charge in [-0.3, -0.25) is 9.59 Å². The first-order chi connectivity index (χ1) is 19.3. The van der Waals surface area contributed by atoms with E-state index in [1.165, 1.54) is 0 Å². The van der Waals surface area contributed by atoms with Gasteiger partial charge in [-0.05, 0) is 42.0 Å². The maximum absolute atomic E-state index is 14.1. The van der Waals surface area contributed by atoms with Crippen LogP contribution in [-0.4, -0.2) is 81.7 Å². The van der Waals surface area contributed by atoms with E-state index in [1.54, 1.807) is 0 Å². The minimum absolute atomic E-state index is 0. The van der Waals surface area contributed by atoms with E-state index in [4.69, 9.17) is 5.11 Å². The van der Waals surface area contributed by atoms with Crippen molar-refractivity contribution in [3.8, 4) is 22.4 Å². The van der Waals surface area contributed by atoms with Gasteiger partial charge in [0.2, 0.25) is 0 Å². The Labute approximate surface area is 270 Å². The zero-order chi connectivity index (χ0) is 28.6. The molecular formula is C33H36CaN2O5+2. The molecule has 2 atom stereocenters. The molecule has 0 aliphatic rings. The van der Waals surface area contributed by atoms with Crippen LogP contribution < -0.4 is 5.32 Å². The quantitative estimate of drug-likeness (QED) is 0.158. The molecule has 0 aliphatic carbocycles. The van der Waals surface area contributed by atoms with Crippen LogP contribution in [0.15, 0.2) is 91.0 Å². The fourth-order valence-electron chi connectivity index (χ4n) is 5.19. The van der Waals surface area contributed by atoms with Gasteiger partial charge in [0.1, 0.15) is 0 Å². The van der Waals surface area contributed by atoms with E-state index in [0.717, 1.165) is 28.1 Å². The second-order valence-corrected chi connectivity index (χ2v) is 10.3. The third kappa shape index (κ3) is 8.31. The number of rotatable bonds is 12. The Morgan fingerprint density at radius 2 is 1.34 bits per heavy atom. The molecule has 0 fully saturated rings. The summed E-state index contributed by atoms with van der Waals surface area (Å²) < 4.78 is 2.11. The molecule has 4 rings (SSSR count). The third-order valence-electron chi connectivity index (χ3n) is 6.86. The van der Waals surface area contributed by atoms with Crippen LogP contribution in [0.2, 0.25) is 0 Å². The standard InChI is InChI=1S/C33H36N2O5.Ca/c1-22(2)31-30(33(40)34-25-16-10-5-11-17-25)29(23-12-6-3-7-13-23)32(24-14-8-4-9-15-24)35(31)19-18-26(36)20-27(37)21-28(38)39;/h3-17,22,26-27,36-37H,18-21H2,1-2H3,(H,34,40)(H,38,39);/q;+2/t26-,27-;/m1./s1. The number of amides is 1. The first kappa shape index (κ1) is 32.6. The summed E-state index contributed by atoms with van der Waals surface area (Å²) in [5.74, 6) is -1.37. The molecule has 1 aromatic heterocycles. The van der Waals surface area contributed by atoms with Gasteiger partial charge in [0.05, 0.1) is 29.9 Å². The number of benzene rings is 3. The molecule has 0 unspecified atom stereocenters. The van der Waals surface area contributed by atoms with Crippen molar-refractivity contribution in [3.05, 3.63) is 102 Å². The molecular weight excluding hydrogens is 544 g/mol. The summed E-state index contributed by atoms with van der Waals surface area (Å²) in [6.07, 6.45) is -2.24. The molecule has 4 N–H and O–H groups in total. The number of carbonyl (C=O) groups is 2. The van der Waals surface area contributed by atoms with Crippen molar-refractivity contribution in [2.45, 2.75) is 57.8 Å². The van der Waals surface area contributed by atoms with Crippen molar-refractivity contribution in [2.24, 2.45) is 0 Å². The van der Waals surface area contributed by atoms with Gasteiger partial charge in [0.15, 0.2) is 0 Å². The summed E-state index contributed by atoms with van der Waals surface area (Å²) >= 11 is 0. The molecule has 3 aromatic carbocycles. The fraction of sp³-hybridized carbons (Fsp3) is 0.273. The van der Waals surface area contributed by atoms with Gasteiger partial charge in [0.25, 0.3) is 5.91 Å². The van der Waals surface area contributed by atoms with Crippen molar-refractivity contribution in [3.63, 3.8) is 0 Å². The van der Waals surface area contributed by atoms with Gasteiger partial charge in [-0.15, -0.1) is 0 Å². The fourth-order valence-corrected chi connectivity index (χ4v) is 5.19. The molecule has 4 aromatic rings. The van der Waals surface area contributed by atoms with Crippen LogP contribution >= 0.6 is 0 Å². The SMILES string of the molecule is CC(C)c1c(C(=O)Nc2ccccc2)c(-c2ccccc2)c(-c2ccccc2)n1CC[C@@H](O)C[C@@H](O)CC(=O)O.[Ca+2]. The number of carboxylic acid groups (broad SMARTS) is 1. The normalized spacial score (nSPS) is 12.4. The number of hydrogen-bond donors (Lipinski definition) is 4. The predicted molar refractivity (Wildman–Crippen MR) is 163 cm³/mol. The Kier molecular flexibility index (Phi) is 12.2. The molecule has 0 bridgehead atoms. The van der Waals surface area contributed by atoms with E-state index < -0.39 is 24.6 Å². The van der Waals surface area contributed by atoms with E-state index >= 15 is 0 Å². The molecule has 0 saturated heterocycles. The summed E-state index contributed by atoms with van der Waals surface area (Å²) in [7, 11) is 0. The number of carbonyl (C=O) groups excluding carboxylic acids is 1. The summed E-state index contributed by atoms with van der Waals surface area (Å²) in [5.41, 5.74) is 5.61. The number of aromatic nitrogens is 1. The Bertz CT molecular complexity index is 1420. The van der Waals surface area contributed by atoms with Crippen molar-refractivity contribution >= 4 is 55.3 Å². The second-order valence-electron chi connectivity index (χ2n) is 10.3. The second kappa shape index (κ2) is 15.3. The monoisotopic (exact) mass is 580 g/mol. The average Bonchev–Trinajstić information content (AvgIpc) is 3.28. The Morgan fingerprint density at radius 3 is 1.88 bits per heavy atom. The third-order valence-corrected chi connectivity index (χ3v) is 6.86. The number of para-hydroxylation sites is 1. The van der Waals surface area contributed by atoms with Gasteiger partial charge < -0.3 is 25.2 Å². The van der Waals surface area contributed by atoms with Gasteiger partial charge in [-0.25, -0.2) is 0 Å². The van der Waals surface area contributed by atoms with Gasteiger partial charge in [-0.1, -0.05) is 92.7 Å². The minimum atomic E-state index is -1.14. The Morgan fingerprint density at radius 1 is 0.805 bits per heavy atom. The molecule has 8 heteroatoms. The summed E-state index contributed by atoms with van der Waals surface area (Å²) in [6.45, 7) is 4.46. The molecule has 41 heavy (non-hydrogen) atoms. The largest absolute Gasteiger partial charge is 2.00 e. The number of aliphatic hydroxyl groups excluding tert-OH is 2. The maximum Gasteiger partial charge on any atom is 2.00 e. The van der Waals surface area contributed by atoms with Crippen LogP contribution in [-0.2, 0) is 11.3 Å². The smallest absolute Gasteiger partial charge is 0.481 e. The van der Waals surface area contributed by atoms with E-state index in [0.29, 0.717) is 17.8 Å². The van der Waals surface area contributed by atoms with E-state index in [1.807, 2.05) is 105 Å². The van der Waals surface area contributed by atoms with Crippen LogP contribution in [0.3, 0.4) is 0 Å². The minimum Gasteiger partial charge on any atom is -0.481 e. The molecule has 0 saturated carbocycles. The molecule has 0 radical (unpaired) electrons. The Hall–Kier alpha value is -2.94. The number of nitrogens with zero attached hydrogens (tertiary/aromatic N) is 1. The summed E-state index contributed by atoms with van der Waals surface area (Å²) in [6, 6.07) is 29.0. The van der Waals surface area contributed by atoms with Crippen LogP contribution in [0, 0.1) is 0 Å². The van der Waals surface area contributed by atoms with Crippen LogP contribution in [0.4, 0.5) is 5.69 Å². The average molecular weight is 581 g/mol. The predicted octanol–water partition coefficient (Wildman–Crippen LogP) is 5.79. The van der Waals surface area contributed by atoms with Crippen LogP contribution in [0.25, 0.3) is 22.4 Å². The Balaban J connectivity index is 0.00000462. The zero-order valence-corrected chi connectivity index (χ0v) is 25.7. The first-order valence-corrected chi connectivity index (χ1v) is 13.6. The zero-order valence-electron chi connectivity index (χ0n) is 23.5. The van der Waals surface area contributed by atoms with Crippen molar-refractivity contribution in [2.75, 3.05) is 5.32 Å². The number of hydrogen-bond acceptors (Lipinski definition) is 4. The van der Waals surface area contributed by atoms with Crippen LogP contribution in [0.5, 0.6) is 0 Å². The number of carboxylic acids is 1. The van der Waals surface area contributed by atoms with Gasteiger partial charge >= 0.3 is 43.7 Å². The molecule has 1 amide bonds. The van der Waals surface area contributed by atoms with Gasteiger partial charge in [0, 0.05) is 23.5 Å². The molecule has 1 heterocycles. The number of aliphatic hydroxyl groups is 2. The van der Waals surface area contributed by atoms with Crippen molar-refractivity contribution < 1.29 is 24.9 Å². The number of nitrogens with one attached hydrogen (secondary N) is 1. The maximum atomic E-state index is 14.1. The van der Waals surface area contributed by atoms with E-state index in [2.05, 4.69) is 9.88 Å². The van der Waals surface area contributed by atoms with E-state index in [9.17, 15) is 19.8 Å². The van der Waals surface area contributed by atoms with Crippen molar-refractivity contribution in [1.82, 2.24) is 4.57 Å². The van der Waals surface area contributed by atoms with Crippen molar-refractivity contribution in [1.29, 1.82) is 0 Å². The first-order valence-electron chi connectivity index (χ1n) is 13.6. The van der Waals surface area contributed by atoms with Gasteiger partial charge in [-0.2, -0.15) is 0 Å². The molecule has 0 aliphatic heterocycles. The number of aliphatic carboxylic acids is 1. The molecule has 208 valence electrons. The summed E-state index contributed by atoms with van der Waals surface area (Å²) in [4.78, 5) is 25.0.